The summed E-state index contributed by atoms with van der Waals surface area (Å²) >= 11 is 0. The molecule has 0 amide bonds. The molecule has 1 aliphatic rings. The van der Waals surface area contributed by atoms with E-state index >= 15 is 0 Å². The number of benzene rings is 1. The van der Waals surface area contributed by atoms with Crippen molar-refractivity contribution in [2.45, 2.75) is 32.9 Å². The van der Waals surface area contributed by atoms with Crippen LogP contribution < -0.4 is 10.5 Å². The van der Waals surface area contributed by atoms with Crippen LogP contribution in [0.1, 0.15) is 20.3 Å². The molecule has 0 saturated carbocycles. The first-order valence-corrected chi connectivity index (χ1v) is 7.64. The van der Waals surface area contributed by atoms with E-state index in [9.17, 15) is 0 Å². The van der Waals surface area contributed by atoms with E-state index in [0.717, 1.165) is 29.9 Å². The number of rotatable bonds is 4. The summed E-state index contributed by atoms with van der Waals surface area (Å²) in [5.74, 6) is 2.04. The minimum Gasteiger partial charge on any atom is -0.489 e. The Morgan fingerprint density at radius 3 is 2.90 bits per heavy atom. The molecule has 114 valence electrons. The molecule has 5 nitrogen and oxygen atoms in total. The number of imidazole rings is 1. The summed E-state index contributed by atoms with van der Waals surface area (Å²) in [5.41, 5.74) is 8.09. The summed E-state index contributed by atoms with van der Waals surface area (Å²) in [6.07, 6.45) is 1.35. The maximum Gasteiger partial charge on any atom is 0.201 e. The highest BCUT2D eigenvalue weighted by atomic mass is 16.5. The number of hydrogen-bond donors (Lipinski definition) is 1. The average molecular weight is 288 g/mol. The Labute approximate surface area is 125 Å². The Morgan fingerprint density at radius 1 is 1.43 bits per heavy atom. The number of likely N-dealkylation sites (tertiary alicyclic amines) is 1. The van der Waals surface area contributed by atoms with Crippen molar-refractivity contribution in [1.82, 2.24) is 14.5 Å². The fourth-order valence-corrected chi connectivity index (χ4v) is 3.11. The van der Waals surface area contributed by atoms with Crippen molar-refractivity contribution in [2.24, 2.45) is 5.92 Å². The van der Waals surface area contributed by atoms with Crippen molar-refractivity contribution in [2.75, 3.05) is 25.9 Å². The molecule has 5 heteroatoms. The minimum atomic E-state index is 0.130. The second kappa shape index (κ2) is 5.56. The molecule has 1 aliphatic heterocycles. The van der Waals surface area contributed by atoms with Crippen molar-refractivity contribution in [3.8, 4) is 5.75 Å². The van der Waals surface area contributed by atoms with Gasteiger partial charge in [0.2, 0.25) is 5.95 Å². The molecule has 1 aromatic carbocycles. The first-order chi connectivity index (χ1) is 10.0. The summed E-state index contributed by atoms with van der Waals surface area (Å²) in [6, 6.07) is 6.05. The van der Waals surface area contributed by atoms with Crippen LogP contribution in [0.4, 0.5) is 5.95 Å². The Morgan fingerprint density at radius 2 is 2.24 bits per heavy atom. The second-order valence-corrected chi connectivity index (χ2v) is 6.29. The summed E-state index contributed by atoms with van der Waals surface area (Å²) in [7, 11) is 2.17. The number of nitrogens with zero attached hydrogens (tertiary/aromatic N) is 3. The summed E-state index contributed by atoms with van der Waals surface area (Å²) in [5, 5.41) is 0. The quantitative estimate of drug-likeness (QED) is 0.938. The molecule has 1 aromatic heterocycles. The van der Waals surface area contributed by atoms with Gasteiger partial charge < -0.3 is 19.9 Å². The standard InChI is InChI=1S/C16H24N4O/c1-11(2)21-14-6-4-5-13-15(14)18-16(17)20(13)10-12-7-8-19(3)9-12/h4-6,11-12H,7-10H2,1-3H3,(H2,17,18). The number of nitrogen functional groups attached to an aromatic ring is 1. The number of aromatic nitrogens is 2. The highest BCUT2D eigenvalue weighted by Gasteiger charge is 2.22. The zero-order valence-corrected chi connectivity index (χ0v) is 13.0. The Balaban J connectivity index is 1.93. The van der Waals surface area contributed by atoms with E-state index in [1.165, 1.54) is 13.0 Å². The predicted octanol–water partition coefficient (Wildman–Crippen LogP) is 2.36. The van der Waals surface area contributed by atoms with E-state index in [4.69, 9.17) is 10.5 Å². The number of hydrogen-bond acceptors (Lipinski definition) is 4. The zero-order valence-electron chi connectivity index (χ0n) is 13.0. The average Bonchev–Trinajstić information content (AvgIpc) is 2.96. The van der Waals surface area contributed by atoms with E-state index in [-0.39, 0.29) is 6.10 Å². The summed E-state index contributed by atoms with van der Waals surface area (Å²) in [4.78, 5) is 6.90. The van der Waals surface area contributed by atoms with Gasteiger partial charge in [-0.25, -0.2) is 4.98 Å². The first kappa shape index (κ1) is 14.2. The highest BCUT2D eigenvalue weighted by molar-refractivity contribution is 5.84. The van der Waals surface area contributed by atoms with Gasteiger partial charge >= 0.3 is 0 Å². The molecule has 21 heavy (non-hydrogen) atoms. The van der Waals surface area contributed by atoms with Crippen LogP contribution in [0, 0.1) is 5.92 Å². The van der Waals surface area contributed by atoms with Gasteiger partial charge in [-0.2, -0.15) is 0 Å². The number of anilines is 1. The molecule has 1 unspecified atom stereocenters. The molecule has 0 aliphatic carbocycles. The highest BCUT2D eigenvalue weighted by Crippen LogP contribution is 2.29. The fraction of sp³-hybridized carbons (Fsp3) is 0.562. The lowest BCUT2D eigenvalue weighted by Gasteiger charge is -2.14. The van der Waals surface area contributed by atoms with Crippen LogP contribution in [0.15, 0.2) is 18.2 Å². The van der Waals surface area contributed by atoms with Crippen molar-refractivity contribution in [1.29, 1.82) is 0 Å². The molecule has 0 spiro atoms. The van der Waals surface area contributed by atoms with E-state index in [1.807, 2.05) is 26.0 Å². The van der Waals surface area contributed by atoms with Gasteiger partial charge in [-0.15, -0.1) is 0 Å². The maximum atomic E-state index is 6.15. The molecule has 0 bridgehead atoms. The van der Waals surface area contributed by atoms with Crippen LogP contribution in [-0.2, 0) is 6.54 Å². The van der Waals surface area contributed by atoms with Crippen LogP contribution in [0.5, 0.6) is 5.75 Å². The minimum absolute atomic E-state index is 0.130. The van der Waals surface area contributed by atoms with Crippen LogP contribution >= 0.6 is 0 Å². The van der Waals surface area contributed by atoms with Crippen molar-refractivity contribution < 1.29 is 4.74 Å². The monoisotopic (exact) mass is 288 g/mol. The summed E-state index contributed by atoms with van der Waals surface area (Å²) in [6.45, 7) is 7.26. The molecule has 2 N–H and O–H groups in total. The molecule has 3 rings (SSSR count). The lowest BCUT2D eigenvalue weighted by molar-refractivity contribution is 0.245. The molecule has 2 heterocycles. The molecule has 0 radical (unpaired) electrons. The lowest BCUT2D eigenvalue weighted by Crippen LogP contribution is -2.17. The van der Waals surface area contributed by atoms with Crippen LogP contribution in [0.2, 0.25) is 0 Å². The van der Waals surface area contributed by atoms with Gasteiger partial charge in [-0.1, -0.05) is 6.07 Å². The van der Waals surface area contributed by atoms with Crippen molar-refractivity contribution in [3.05, 3.63) is 18.2 Å². The van der Waals surface area contributed by atoms with Crippen LogP contribution in [0.25, 0.3) is 11.0 Å². The second-order valence-electron chi connectivity index (χ2n) is 6.29. The van der Waals surface area contributed by atoms with Gasteiger partial charge in [0.15, 0.2) is 0 Å². The molecule has 1 atom stereocenters. The molecular weight excluding hydrogens is 264 g/mol. The molecule has 1 saturated heterocycles. The number of fused-ring (bicyclic) bond motifs is 1. The van der Waals surface area contributed by atoms with Gasteiger partial charge in [-0.3, -0.25) is 0 Å². The maximum absolute atomic E-state index is 6.15. The fourth-order valence-electron chi connectivity index (χ4n) is 3.11. The third kappa shape index (κ3) is 2.83. The normalized spacial score (nSPS) is 19.7. The van der Waals surface area contributed by atoms with Gasteiger partial charge in [0, 0.05) is 13.1 Å². The molecule has 1 fully saturated rings. The molecule has 2 aromatic rings. The number of para-hydroxylation sites is 1. The van der Waals surface area contributed by atoms with Gasteiger partial charge in [0.25, 0.3) is 0 Å². The van der Waals surface area contributed by atoms with E-state index in [1.54, 1.807) is 0 Å². The number of nitrogens with two attached hydrogens (primary N) is 1. The van der Waals surface area contributed by atoms with E-state index in [0.29, 0.717) is 11.9 Å². The first-order valence-electron chi connectivity index (χ1n) is 7.64. The Kier molecular flexibility index (Phi) is 3.76. The Bertz CT molecular complexity index is 634. The van der Waals surface area contributed by atoms with E-state index in [2.05, 4.69) is 27.6 Å². The Hall–Kier alpha value is -1.75. The summed E-state index contributed by atoms with van der Waals surface area (Å²) < 4.78 is 7.97. The topological polar surface area (TPSA) is 56.3 Å². The smallest absolute Gasteiger partial charge is 0.201 e. The zero-order chi connectivity index (χ0) is 15.0. The molecular formula is C16H24N4O. The third-order valence-electron chi connectivity index (χ3n) is 4.06. The van der Waals surface area contributed by atoms with Crippen LogP contribution in [0.3, 0.4) is 0 Å². The van der Waals surface area contributed by atoms with Gasteiger partial charge in [0.05, 0.1) is 11.6 Å². The predicted molar refractivity (Wildman–Crippen MR) is 85.5 cm³/mol. The number of ether oxygens (including phenoxy) is 1. The van der Waals surface area contributed by atoms with Gasteiger partial charge in [-0.05, 0) is 51.9 Å². The van der Waals surface area contributed by atoms with Crippen LogP contribution in [-0.4, -0.2) is 40.7 Å². The van der Waals surface area contributed by atoms with E-state index < -0.39 is 0 Å². The van der Waals surface area contributed by atoms with Crippen molar-refractivity contribution >= 4 is 17.0 Å². The third-order valence-corrected chi connectivity index (χ3v) is 4.06. The SMILES string of the molecule is CC(C)Oc1cccc2c1nc(N)n2CC1CCN(C)C1. The lowest BCUT2D eigenvalue weighted by atomic mass is 10.1. The largest absolute Gasteiger partial charge is 0.489 e. The van der Waals surface area contributed by atoms with Gasteiger partial charge in [0.1, 0.15) is 11.3 Å². The van der Waals surface area contributed by atoms with Crippen molar-refractivity contribution in [3.63, 3.8) is 0 Å².